The average Bonchev–Trinajstić information content (AvgIpc) is 2.62. The van der Waals surface area contributed by atoms with E-state index in [1.165, 1.54) is 9.75 Å². The van der Waals surface area contributed by atoms with E-state index in [4.69, 9.17) is 5.73 Å². The fraction of sp³-hybridized carbons (Fsp3) is 0.714. The van der Waals surface area contributed by atoms with E-state index in [-0.39, 0.29) is 6.04 Å². The predicted octanol–water partition coefficient (Wildman–Crippen LogP) is 3.42. The van der Waals surface area contributed by atoms with E-state index in [9.17, 15) is 0 Å². The topological polar surface area (TPSA) is 29.3 Å². The van der Waals surface area contributed by atoms with E-state index < -0.39 is 0 Å². The summed E-state index contributed by atoms with van der Waals surface area (Å²) in [6, 6.07) is 4.96. The van der Waals surface area contributed by atoms with Crippen molar-refractivity contribution < 1.29 is 0 Å². The molecular formula is C14H26N2S. The molecule has 2 unspecified atom stereocenters. The van der Waals surface area contributed by atoms with Gasteiger partial charge >= 0.3 is 0 Å². The Kier molecular flexibility index (Phi) is 5.63. The highest BCUT2D eigenvalue weighted by molar-refractivity contribution is 7.12. The molecule has 1 aromatic rings. The summed E-state index contributed by atoms with van der Waals surface area (Å²) < 4.78 is 0. The lowest BCUT2D eigenvalue weighted by molar-refractivity contribution is 0.168. The van der Waals surface area contributed by atoms with Crippen LogP contribution in [0.2, 0.25) is 0 Å². The molecular weight excluding hydrogens is 228 g/mol. The first-order valence-electron chi connectivity index (χ1n) is 6.51. The lowest BCUT2D eigenvalue weighted by Crippen LogP contribution is -2.40. The third-order valence-corrected chi connectivity index (χ3v) is 4.02. The molecule has 0 radical (unpaired) electrons. The second kappa shape index (κ2) is 6.53. The molecule has 0 saturated carbocycles. The zero-order chi connectivity index (χ0) is 13.0. The van der Waals surface area contributed by atoms with Crippen molar-refractivity contribution in [2.24, 2.45) is 11.7 Å². The number of thiophene rings is 1. The summed E-state index contributed by atoms with van der Waals surface area (Å²) >= 11 is 1.87. The van der Waals surface area contributed by atoms with Crippen LogP contribution in [-0.2, 0) is 0 Å². The lowest BCUT2D eigenvalue weighted by atomic mass is 10.1. The molecule has 2 N–H and O–H groups in total. The number of aryl methyl sites for hydroxylation is 1. The van der Waals surface area contributed by atoms with Crippen molar-refractivity contribution in [3.63, 3.8) is 0 Å². The van der Waals surface area contributed by atoms with E-state index in [0.29, 0.717) is 12.0 Å². The lowest BCUT2D eigenvalue weighted by Gasteiger charge is -2.34. The van der Waals surface area contributed by atoms with Gasteiger partial charge in [-0.15, -0.1) is 11.3 Å². The van der Waals surface area contributed by atoms with E-state index in [0.717, 1.165) is 13.1 Å². The summed E-state index contributed by atoms with van der Waals surface area (Å²) in [4.78, 5) is 5.27. The SMILES string of the molecule is CCN(CC(C)C)C(c1ccc(C)s1)C(C)N. The van der Waals surface area contributed by atoms with E-state index in [1.807, 2.05) is 11.3 Å². The van der Waals surface area contributed by atoms with Crippen LogP contribution in [-0.4, -0.2) is 24.0 Å². The Balaban J connectivity index is 2.90. The molecule has 17 heavy (non-hydrogen) atoms. The normalized spacial score (nSPS) is 15.5. The largest absolute Gasteiger partial charge is 0.326 e. The summed E-state index contributed by atoms with van der Waals surface area (Å²) in [6.07, 6.45) is 0. The quantitative estimate of drug-likeness (QED) is 0.843. The van der Waals surface area contributed by atoms with Gasteiger partial charge in [-0.3, -0.25) is 4.90 Å². The van der Waals surface area contributed by atoms with Crippen molar-refractivity contribution in [2.45, 2.75) is 46.7 Å². The predicted molar refractivity (Wildman–Crippen MR) is 77.5 cm³/mol. The Morgan fingerprint density at radius 2 is 1.94 bits per heavy atom. The first-order valence-corrected chi connectivity index (χ1v) is 7.33. The van der Waals surface area contributed by atoms with Crippen LogP contribution in [0.4, 0.5) is 0 Å². The Hall–Kier alpha value is -0.380. The molecule has 0 aliphatic heterocycles. The third-order valence-electron chi connectivity index (χ3n) is 2.95. The van der Waals surface area contributed by atoms with Gasteiger partial charge in [0.05, 0.1) is 6.04 Å². The zero-order valence-corrected chi connectivity index (χ0v) is 12.6. The molecule has 1 heterocycles. The number of rotatable bonds is 6. The smallest absolute Gasteiger partial charge is 0.0590 e. The van der Waals surface area contributed by atoms with Crippen molar-refractivity contribution >= 4 is 11.3 Å². The number of likely N-dealkylation sites (N-methyl/N-ethyl adjacent to an activating group) is 1. The van der Waals surface area contributed by atoms with Crippen molar-refractivity contribution in [3.05, 3.63) is 21.9 Å². The molecule has 1 aromatic heterocycles. The number of hydrogen-bond acceptors (Lipinski definition) is 3. The highest BCUT2D eigenvalue weighted by Crippen LogP contribution is 2.30. The Morgan fingerprint density at radius 1 is 1.29 bits per heavy atom. The molecule has 0 amide bonds. The van der Waals surface area contributed by atoms with E-state index >= 15 is 0 Å². The zero-order valence-electron chi connectivity index (χ0n) is 11.7. The maximum Gasteiger partial charge on any atom is 0.0590 e. The monoisotopic (exact) mass is 254 g/mol. The van der Waals surface area contributed by atoms with Crippen LogP contribution in [0.15, 0.2) is 12.1 Å². The number of nitrogens with two attached hydrogens (primary N) is 1. The van der Waals surface area contributed by atoms with E-state index in [1.54, 1.807) is 0 Å². The van der Waals surface area contributed by atoms with Gasteiger partial charge in [0.1, 0.15) is 0 Å². The molecule has 2 nitrogen and oxygen atoms in total. The van der Waals surface area contributed by atoms with Crippen LogP contribution in [0, 0.1) is 12.8 Å². The van der Waals surface area contributed by atoms with Gasteiger partial charge in [-0.25, -0.2) is 0 Å². The summed E-state index contributed by atoms with van der Waals surface area (Å²) in [6.45, 7) is 13.2. The molecule has 0 spiro atoms. The Labute approximate surface area is 110 Å². The van der Waals surface area contributed by atoms with Gasteiger partial charge in [-0.1, -0.05) is 20.8 Å². The van der Waals surface area contributed by atoms with Crippen molar-refractivity contribution in [1.29, 1.82) is 0 Å². The summed E-state index contributed by atoms with van der Waals surface area (Å²) in [5, 5.41) is 0. The van der Waals surface area contributed by atoms with Crippen molar-refractivity contribution in [2.75, 3.05) is 13.1 Å². The maximum absolute atomic E-state index is 6.20. The van der Waals surface area contributed by atoms with Gasteiger partial charge < -0.3 is 5.73 Å². The van der Waals surface area contributed by atoms with Gasteiger partial charge in [0.15, 0.2) is 0 Å². The Bertz CT molecular complexity index is 331. The average molecular weight is 254 g/mol. The fourth-order valence-electron chi connectivity index (χ4n) is 2.29. The minimum absolute atomic E-state index is 0.173. The number of hydrogen-bond donors (Lipinski definition) is 1. The second-order valence-electron chi connectivity index (χ2n) is 5.23. The summed E-state index contributed by atoms with van der Waals surface area (Å²) in [5.41, 5.74) is 6.20. The standard InChI is InChI=1S/C14H26N2S/c1-6-16(9-10(2)3)14(12(5)15)13-8-7-11(4)17-13/h7-8,10,12,14H,6,9,15H2,1-5H3. The van der Waals surface area contributed by atoms with E-state index in [2.05, 4.69) is 51.7 Å². The van der Waals surface area contributed by atoms with Crippen LogP contribution in [0.5, 0.6) is 0 Å². The van der Waals surface area contributed by atoms with Crippen LogP contribution in [0.25, 0.3) is 0 Å². The van der Waals surface area contributed by atoms with Gasteiger partial charge in [0, 0.05) is 22.3 Å². The van der Waals surface area contributed by atoms with Gasteiger partial charge in [-0.2, -0.15) is 0 Å². The van der Waals surface area contributed by atoms with Gasteiger partial charge in [0.25, 0.3) is 0 Å². The molecule has 2 atom stereocenters. The molecule has 0 aliphatic rings. The van der Waals surface area contributed by atoms with Crippen molar-refractivity contribution in [1.82, 2.24) is 4.90 Å². The fourth-order valence-corrected chi connectivity index (χ4v) is 3.42. The number of nitrogens with zero attached hydrogens (tertiary/aromatic N) is 1. The first-order chi connectivity index (χ1) is 7.95. The van der Waals surface area contributed by atoms with Gasteiger partial charge in [0.2, 0.25) is 0 Å². The summed E-state index contributed by atoms with van der Waals surface area (Å²) in [7, 11) is 0. The van der Waals surface area contributed by atoms with Crippen LogP contribution >= 0.6 is 11.3 Å². The first kappa shape index (κ1) is 14.7. The molecule has 0 saturated heterocycles. The minimum atomic E-state index is 0.173. The molecule has 0 aromatic carbocycles. The molecule has 0 aliphatic carbocycles. The summed E-state index contributed by atoms with van der Waals surface area (Å²) in [5.74, 6) is 0.678. The van der Waals surface area contributed by atoms with Crippen LogP contribution < -0.4 is 5.73 Å². The van der Waals surface area contributed by atoms with Crippen LogP contribution in [0.1, 0.15) is 43.5 Å². The molecule has 1 rings (SSSR count). The van der Waals surface area contributed by atoms with Crippen molar-refractivity contribution in [3.8, 4) is 0 Å². The Morgan fingerprint density at radius 3 is 2.29 bits per heavy atom. The molecule has 98 valence electrons. The maximum atomic E-state index is 6.20. The molecule has 0 bridgehead atoms. The van der Waals surface area contributed by atoms with Crippen LogP contribution in [0.3, 0.4) is 0 Å². The van der Waals surface area contributed by atoms with Gasteiger partial charge in [-0.05, 0) is 38.4 Å². The second-order valence-corrected chi connectivity index (χ2v) is 6.55. The minimum Gasteiger partial charge on any atom is -0.326 e. The molecule has 3 heteroatoms. The highest BCUT2D eigenvalue weighted by Gasteiger charge is 2.24. The third kappa shape index (κ3) is 4.09. The highest BCUT2D eigenvalue weighted by atomic mass is 32.1. The molecule has 0 fully saturated rings.